The molecule has 0 spiro atoms. The molecule has 5 heteroatoms. The molecular formula is C17H11N3O2. The number of fused-ring (bicyclic) bond motifs is 2. The van der Waals surface area contributed by atoms with Gasteiger partial charge in [0.2, 0.25) is 0 Å². The van der Waals surface area contributed by atoms with Crippen molar-refractivity contribution in [1.82, 2.24) is 0 Å². The molecule has 0 aromatic heterocycles. The first-order valence-corrected chi connectivity index (χ1v) is 6.81. The van der Waals surface area contributed by atoms with Crippen molar-refractivity contribution in [3.05, 3.63) is 71.4 Å². The summed E-state index contributed by atoms with van der Waals surface area (Å²) in [6.07, 6.45) is 3.09. The number of nitrogens with one attached hydrogen (secondary N) is 1. The monoisotopic (exact) mass is 289 g/mol. The lowest BCUT2D eigenvalue weighted by molar-refractivity contribution is 0.215. The number of ether oxygens (including phenoxy) is 1. The van der Waals surface area contributed by atoms with E-state index in [1.54, 1.807) is 30.5 Å². The lowest BCUT2D eigenvalue weighted by atomic mass is 10.2. The van der Waals surface area contributed by atoms with Crippen LogP contribution < -0.4 is 20.6 Å². The number of anilines is 1. The highest BCUT2D eigenvalue weighted by Gasteiger charge is 2.16. The zero-order valence-electron chi connectivity index (χ0n) is 11.5. The molecule has 2 aliphatic heterocycles. The summed E-state index contributed by atoms with van der Waals surface area (Å²) in [5.74, 6) is 1.18. The van der Waals surface area contributed by atoms with E-state index in [0.29, 0.717) is 17.3 Å². The highest BCUT2D eigenvalue weighted by atomic mass is 16.6. The number of hydrogen-bond acceptors (Lipinski definition) is 4. The summed E-state index contributed by atoms with van der Waals surface area (Å²) < 4.78 is 5.32. The molecule has 0 bridgehead atoms. The minimum Gasteiger partial charge on any atom is -0.410 e. The van der Waals surface area contributed by atoms with Crippen molar-refractivity contribution in [1.29, 1.82) is 0 Å². The molecule has 1 N–H and O–H groups in total. The molecule has 0 aliphatic carbocycles. The molecule has 0 saturated carbocycles. The normalized spacial score (nSPS) is 14.0. The first-order valence-electron chi connectivity index (χ1n) is 6.81. The van der Waals surface area contributed by atoms with Crippen LogP contribution in [0.2, 0.25) is 0 Å². The van der Waals surface area contributed by atoms with Gasteiger partial charge in [0.15, 0.2) is 5.84 Å². The molecule has 2 aliphatic rings. The number of benzene rings is 2. The lowest BCUT2D eigenvalue weighted by Crippen LogP contribution is -2.24. The number of para-hydroxylation sites is 1. The van der Waals surface area contributed by atoms with Crippen molar-refractivity contribution < 1.29 is 9.53 Å². The standard InChI is InChI=1S/C17H11N3O2/c21-17(19-11-4-2-1-3-5-11)22-12-6-7-15-14(10-12)13-8-9-18-16(13)20-15/h1-10H,(H,19,21). The molecular weight excluding hydrogens is 278 g/mol. The maximum atomic E-state index is 11.9. The van der Waals surface area contributed by atoms with Gasteiger partial charge in [-0.05, 0) is 36.4 Å². The number of hydrogen-bond donors (Lipinski definition) is 1. The molecule has 0 radical (unpaired) electrons. The van der Waals surface area contributed by atoms with Crippen LogP contribution in [0.1, 0.15) is 0 Å². The quantitative estimate of drug-likeness (QED) is 0.919. The smallest absolute Gasteiger partial charge is 0.410 e. The van der Waals surface area contributed by atoms with Gasteiger partial charge in [-0.25, -0.2) is 14.8 Å². The molecule has 0 fully saturated rings. The Labute approximate surface area is 126 Å². The number of amides is 1. The number of aliphatic imine (C=N–C) groups is 1. The molecule has 0 saturated heterocycles. The van der Waals surface area contributed by atoms with Crippen LogP contribution in [0.4, 0.5) is 10.5 Å². The molecule has 1 amide bonds. The molecule has 5 nitrogen and oxygen atoms in total. The molecule has 4 rings (SSSR count). The van der Waals surface area contributed by atoms with E-state index in [1.807, 2.05) is 30.3 Å². The van der Waals surface area contributed by atoms with E-state index >= 15 is 0 Å². The predicted octanol–water partition coefficient (Wildman–Crippen LogP) is 2.01. The topological polar surface area (TPSA) is 63.0 Å². The molecule has 2 aromatic carbocycles. The van der Waals surface area contributed by atoms with Crippen molar-refractivity contribution >= 4 is 23.2 Å². The van der Waals surface area contributed by atoms with Crippen molar-refractivity contribution in [2.75, 3.05) is 5.32 Å². The first kappa shape index (κ1) is 12.5. The fraction of sp³-hybridized carbons (Fsp3) is 0. The van der Waals surface area contributed by atoms with Crippen LogP contribution in [-0.2, 0) is 0 Å². The Kier molecular flexibility index (Phi) is 2.83. The van der Waals surface area contributed by atoms with Crippen molar-refractivity contribution in [2.45, 2.75) is 0 Å². The van der Waals surface area contributed by atoms with Gasteiger partial charge in [0.05, 0.1) is 5.36 Å². The van der Waals surface area contributed by atoms with Gasteiger partial charge in [0, 0.05) is 22.7 Å². The van der Waals surface area contributed by atoms with Gasteiger partial charge in [-0.3, -0.25) is 5.32 Å². The highest BCUT2D eigenvalue weighted by Crippen LogP contribution is 2.14. The molecule has 106 valence electrons. The SMILES string of the molecule is O=C(Nc1ccccc1)Oc1ccc2c(c1)=C1C=CN=C1N=2. The largest absolute Gasteiger partial charge is 0.417 e. The third kappa shape index (κ3) is 2.18. The minimum absolute atomic E-state index is 0.469. The van der Waals surface area contributed by atoms with Gasteiger partial charge < -0.3 is 4.74 Å². The van der Waals surface area contributed by atoms with E-state index in [1.165, 1.54) is 0 Å². The lowest BCUT2D eigenvalue weighted by Gasteiger charge is -2.06. The van der Waals surface area contributed by atoms with Gasteiger partial charge in [-0.2, -0.15) is 0 Å². The van der Waals surface area contributed by atoms with Crippen LogP contribution >= 0.6 is 0 Å². The van der Waals surface area contributed by atoms with Crippen LogP contribution in [0.5, 0.6) is 5.75 Å². The van der Waals surface area contributed by atoms with Crippen molar-refractivity contribution in [3.63, 3.8) is 0 Å². The number of amidine groups is 1. The molecule has 0 atom stereocenters. The predicted molar refractivity (Wildman–Crippen MR) is 83.3 cm³/mol. The Bertz CT molecular complexity index is 944. The molecule has 0 unspecified atom stereocenters. The van der Waals surface area contributed by atoms with Crippen LogP contribution in [0.15, 0.2) is 70.8 Å². The highest BCUT2D eigenvalue weighted by molar-refractivity contribution is 6.24. The molecule has 2 heterocycles. The average molecular weight is 289 g/mol. The summed E-state index contributed by atoms with van der Waals surface area (Å²) in [6, 6.07) is 14.5. The van der Waals surface area contributed by atoms with Gasteiger partial charge in [0.1, 0.15) is 5.75 Å². The number of nitrogens with zero attached hydrogens (tertiary/aromatic N) is 2. The van der Waals surface area contributed by atoms with E-state index in [-0.39, 0.29) is 0 Å². The van der Waals surface area contributed by atoms with Crippen molar-refractivity contribution in [2.24, 2.45) is 9.98 Å². The van der Waals surface area contributed by atoms with Crippen LogP contribution in [0, 0.1) is 0 Å². The second kappa shape index (κ2) is 4.96. The van der Waals surface area contributed by atoms with E-state index in [4.69, 9.17) is 4.74 Å². The van der Waals surface area contributed by atoms with E-state index in [2.05, 4.69) is 15.3 Å². The van der Waals surface area contributed by atoms with Gasteiger partial charge in [-0.1, -0.05) is 18.2 Å². The zero-order chi connectivity index (χ0) is 14.9. The third-order valence-corrected chi connectivity index (χ3v) is 3.39. The zero-order valence-corrected chi connectivity index (χ0v) is 11.5. The Hall–Kier alpha value is -3.21. The Morgan fingerprint density at radius 3 is 2.82 bits per heavy atom. The summed E-state index contributed by atoms with van der Waals surface area (Å²) in [6.45, 7) is 0. The summed E-state index contributed by atoms with van der Waals surface area (Å²) in [4.78, 5) is 20.5. The molecule has 2 aromatic rings. The maximum absolute atomic E-state index is 11.9. The van der Waals surface area contributed by atoms with E-state index in [9.17, 15) is 4.79 Å². The van der Waals surface area contributed by atoms with Gasteiger partial charge in [0.25, 0.3) is 0 Å². The van der Waals surface area contributed by atoms with E-state index < -0.39 is 6.09 Å². The van der Waals surface area contributed by atoms with Crippen LogP contribution in [0.3, 0.4) is 0 Å². The Morgan fingerprint density at radius 1 is 1.09 bits per heavy atom. The van der Waals surface area contributed by atoms with Gasteiger partial charge in [-0.15, -0.1) is 0 Å². The third-order valence-electron chi connectivity index (χ3n) is 3.39. The Morgan fingerprint density at radius 2 is 1.95 bits per heavy atom. The fourth-order valence-electron chi connectivity index (χ4n) is 2.40. The summed E-state index contributed by atoms with van der Waals surface area (Å²) in [5.41, 5.74) is 1.65. The average Bonchev–Trinajstić information content (AvgIpc) is 3.09. The van der Waals surface area contributed by atoms with Gasteiger partial charge >= 0.3 is 6.09 Å². The summed E-state index contributed by atoms with van der Waals surface area (Å²) >= 11 is 0. The number of carbonyl (C=O) groups is 1. The first-order chi connectivity index (χ1) is 10.8. The van der Waals surface area contributed by atoms with Crippen LogP contribution in [-0.4, -0.2) is 11.9 Å². The van der Waals surface area contributed by atoms with Crippen molar-refractivity contribution in [3.8, 4) is 5.75 Å². The number of rotatable bonds is 2. The summed E-state index contributed by atoms with van der Waals surface area (Å²) in [7, 11) is 0. The molecule has 22 heavy (non-hydrogen) atoms. The maximum Gasteiger partial charge on any atom is 0.417 e. The number of carbonyl (C=O) groups excluding carboxylic acids is 1. The van der Waals surface area contributed by atoms with Crippen LogP contribution in [0.25, 0.3) is 5.57 Å². The Balaban J connectivity index is 1.59. The second-order valence-corrected chi connectivity index (χ2v) is 4.85. The minimum atomic E-state index is -0.526. The summed E-state index contributed by atoms with van der Waals surface area (Å²) in [5, 5.41) is 4.45. The second-order valence-electron chi connectivity index (χ2n) is 4.85. The fourth-order valence-corrected chi connectivity index (χ4v) is 2.40. The van der Waals surface area contributed by atoms with E-state index in [0.717, 1.165) is 16.1 Å².